The number of hydrogen-bond acceptors (Lipinski definition) is 11. The Balaban J connectivity index is 2.30. The predicted octanol–water partition coefficient (Wildman–Crippen LogP) is 10.5. The van der Waals surface area contributed by atoms with E-state index >= 15 is 0 Å². The minimum Gasteiger partial charge on any atom is -0.457 e. The third-order valence-electron chi connectivity index (χ3n) is 12.0. The predicted molar refractivity (Wildman–Crippen MR) is 240 cm³/mol. The van der Waals surface area contributed by atoms with E-state index in [-0.39, 0.29) is 13.0 Å². The summed E-state index contributed by atoms with van der Waals surface area (Å²) in [6, 6.07) is 0. The molecule has 13 heteroatoms. The highest BCUT2D eigenvalue weighted by atomic mass is 31.2. The number of carbonyl (C=O) groups is 1. The fourth-order valence-corrected chi connectivity index (χ4v) is 8.98. The van der Waals surface area contributed by atoms with E-state index in [4.69, 9.17) is 18.5 Å². The number of aliphatic hydroxyl groups excluding tert-OH is 5. The molecule has 0 aliphatic heterocycles. The minimum absolute atomic E-state index is 0.0681. The Kier molecular flexibility index (Phi) is 37.1. The van der Waals surface area contributed by atoms with E-state index < -0.39 is 63.1 Å². The zero-order valence-corrected chi connectivity index (χ0v) is 39.2. The molecule has 1 aliphatic carbocycles. The molecule has 0 aromatic carbocycles. The summed E-state index contributed by atoms with van der Waals surface area (Å²) in [6.45, 7) is 4.30. The first-order valence-electron chi connectivity index (χ1n) is 24.9. The lowest BCUT2D eigenvalue weighted by molar-refractivity contribution is -0.220. The summed E-state index contributed by atoms with van der Waals surface area (Å²) in [5, 5.41) is 50.2. The largest absolute Gasteiger partial charge is 0.472 e. The molecule has 0 amide bonds. The number of phosphoric ester groups is 1. The van der Waals surface area contributed by atoms with Gasteiger partial charge in [0, 0.05) is 13.0 Å². The van der Waals surface area contributed by atoms with Crippen molar-refractivity contribution >= 4 is 13.8 Å². The Labute approximate surface area is 365 Å². The molecule has 12 nitrogen and oxygen atoms in total. The van der Waals surface area contributed by atoms with Crippen LogP contribution < -0.4 is 0 Å². The molecule has 0 aromatic heterocycles. The zero-order chi connectivity index (χ0) is 44.1. The molecule has 60 heavy (non-hydrogen) atoms. The molecule has 0 spiro atoms. The van der Waals surface area contributed by atoms with E-state index in [2.05, 4.69) is 13.8 Å². The maximum absolute atomic E-state index is 12.8. The van der Waals surface area contributed by atoms with Gasteiger partial charge in [-0.1, -0.05) is 213 Å². The summed E-state index contributed by atoms with van der Waals surface area (Å²) in [6.07, 6.45) is 28.9. The fraction of sp³-hybridized carbons (Fsp3) is 0.979. The minimum atomic E-state index is -5.01. The molecule has 1 fully saturated rings. The highest BCUT2D eigenvalue weighted by Gasteiger charge is 2.51. The quantitative estimate of drug-likeness (QED) is 0.0193. The molecule has 0 radical (unpaired) electrons. The van der Waals surface area contributed by atoms with Gasteiger partial charge < -0.3 is 39.9 Å². The average molecular weight is 881 g/mol. The first-order valence-corrected chi connectivity index (χ1v) is 26.4. The van der Waals surface area contributed by atoms with Crippen LogP contribution in [0.1, 0.15) is 232 Å². The standard InChI is InChI=1S/C47H93O12P/c1-3-5-7-9-11-13-15-17-18-19-20-21-22-23-24-25-26-28-30-32-34-36-41(48)58-40(38-56-37-35-33-31-29-27-16-14-12-10-8-6-4-2)39-57-60(54,55)59-47-45(52)43(50)42(49)44(51)46(47)53/h40,42-47,49-53H,3-39H2,1-2H3,(H,54,55). The van der Waals surface area contributed by atoms with Crippen molar-refractivity contribution in [1.82, 2.24) is 0 Å². The van der Waals surface area contributed by atoms with Crippen molar-refractivity contribution in [2.24, 2.45) is 0 Å². The molecule has 0 saturated heterocycles. The van der Waals surface area contributed by atoms with E-state index in [1.165, 1.54) is 167 Å². The van der Waals surface area contributed by atoms with E-state index in [0.717, 1.165) is 38.5 Å². The summed E-state index contributed by atoms with van der Waals surface area (Å²) in [5.41, 5.74) is 0. The molecule has 358 valence electrons. The van der Waals surface area contributed by atoms with Crippen LogP contribution in [0.3, 0.4) is 0 Å². The van der Waals surface area contributed by atoms with Gasteiger partial charge in [-0.3, -0.25) is 13.8 Å². The highest BCUT2D eigenvalue weighted by Crippen LogP contribution is 2.47. The fourth-order valence-electron chi connectivity index (χ4n) is 8.01. The molecular weight excluding hydrogens is 787 g/mol. The maximum atomic E-state index is 12.8. The van der Waals surface area contributed by atoms with Gasteiger partial charge in [-0.05, 0) is 12.8 Å². The molecule has 1 rings (SSSR count). The molecule has 0 aromatic rings. The van der Waals surface area contributed by atoms with E-state index in [9.17, 15) is 39.8 Å². The van der Waals surface area contributed by atoms with Crippen molar-refractivity contribution < 1.29 is 58.3 Å². The third kappa shape index (κ3) is 30.4. The first-order chi connectivity index (χ1) is 29.0. The average Bonchev–Trinajstić information content (AvgIpc) is 3.23. The monoisotopic (exact) mass is 881 g/mol. The molecule has 0 bridgehead atoms. The maximum Gasteiger partial charge on any atom is 0.472 e. The smallest absolute Gasteiger partial charge is 0.457 e. The highest BCUT2D eigenvalue weighted by molar-refractivity contribution is 7.47. The molecule has 1 saturated carbocycles. The van der Waals surface area contributed by atoms with E-state index in [1.807, 2.05) is 0 Å². The van der Waals surface area contributed by atoms with Crippen LogP contribution in [0.5, 0.6) is 0 Å². The van der Waals surface area contributed by atoms with Gasteiger partial charge in [0.15, 0.2) is 0 Å². The number of rotatable bonds is 43. The van der Waals surface area contributed by atoms with Gasteiger partial charge in [-0.25, -0.2) is 4.57 Å². The molecule has 0 heterocycles. The summed E-state index contributed by atoms with van der Waals surface area (Å²) in [5.74, 6) is -0.470. The summed E-state index contributed by atoms with van der Waals surface area (Å²) < 4.78 is 34.2. The molecular formula is C47H93O12P. The van der Waals surface area contributed by atoms with Gasteiger partial charge in [0.25, 0.3) is 0 Å². The summed E-state index contributed by atoms with van der Waals surface area (Å²) in [7, 11) is -5.01. The number of aliphatic hydroxyl groups is 5. The van der Waals surface area contributed by atoms with Crippen molar-refractivity contribution in [3.63, 3.8) is 0 Å². The van der Waals surface area contributed by atoms with Crippen LogP contribution in [0, 0.1) is 0 Å². The van der Waals surface area contributed by atoms with Crippen LogP contribution >= 0.6 is 7.82 Å². The van der Waals surface area contributed by atoms with Crippen LogP contribution in [0.25, 0.3) is 0 Å². The lowest BCUT2D eigenvalue weighted by atomic mass is 9.85. The second-order valence-electron chi connectivity index (χ2n) is 17.7. The molecule has 6 atom stereocenters. The van der Waals surface area contributed by atoms with Crippen molar-refractivity contribution in [2.45, 2.75) is 275 Å². The SMILES string of the molecule is CCCCCCCCCCCCCCCCCCCCCCCC(=O)OC(COCCCCCCCCCCCCCC)COP(=O)(O)OC1C(O)C(O)C(O)C(O)C1O. The zero-order valence-electron chi connectivity index (χ0n) is 38.3. The van der Waals surface area contributed by atoms with Crippen LogP contribution in [0.4, 0.5) is 0 Å². The second-order valence-corrected chi connectivity index (χ2v) is 19.1. The van der Waals surface area contributed by atoms with Gasteiger partial charge in [0.2, 0.25) is 0 Å². The second kappa shape index (κ2) is 38.8. The Morgan fingerprint density at radius 2 is 0.783 bits per heavy atom. The third-order valence-corrected chi connectivity index (χ3v) is 13.0. The van der Waals surface area contributed by atoms with Gasteiger partial charge in [0.1, 0.15) is 42.7 Å². The Morgan fingerprint density at radius 3 is 1.15 bits per heavy atom. The Morgan fingerprint density at radius 1 is 0.467 bits per heavy atom. The van der Waals surface area contributed by atoms with Crippen LogP contribution in [-0.2, 0) is 27.9 Å². The van der Waals surface area contributed by atoms with Crippen molar-refractivity contribution in [2.75, 3.05) is 19.8 Å². The molecule has 6 unspecified atom stereocenters. The van der Waals surface area contributed by atoms with Crippen molar-refractivity contribution in [3.8, 4) is 0 Å². The summed E-state index contributed by atoms with van der Waals surface area (Å²) in [4.78, 5) is 23.2. The Hall–Kier alpha value is -0.660. The van der Waals surface area contributed by atoms with Gasteiger partial charge >= 0.3 is 13.8 Å². The van der Waals surface area contributed by atoms with E-state index in [0.29, 0.717) is 13.0 Å². The number of ether oxygens (including phenoxy) is 2. The normalized spacial score (nSPS) is 22.2. The van der Waals surface area contributed by atoms with E-state index in [1.54, 1.807) is 0 Å². The van der Waals surface area contributed by atoms with Crippen molar-refractivity contribution in [1.29, 1.82) is 0 Å². The lowest BCUT2D eigenvalue weighted by Gasteiger charge is -2.41. The lowest BCUT2D eigenvalue weighted by Crippen LogP contribution is -2.64. The van der Waals surface area contributed by atoms with Gasteiger partial charge in [0.05, 0.1) is 13.2 Å². The summed E-state index contributed by atoms with van der Waals surface area (Å²) >= 11 is 0. The van der Waals surface area contributed by atoms with Gasteiger partial charge in [-0.15, -0.1) is 0 Å². The van der Waals surface area contributed by atoms with Crippen molar-refractivity contribution in [3.05, 3.63) is 0 Å². The Bertz CT molecular complexity index is 1000. The van der Waals surface area contributed by atoms with Gasteiger partial charge in [-0.2, -0.15) is 0 Å². The number of phosphoric acid groups is 1. The molecule has 6 N–H and O–H groups in total. The van der Waals surface area contributed by atoms with Crippen LogP contribution in [0.15, 0.2) is 0 Å². The number of hydrogen-bond donors (Lipinski definition) is 6. The van der Waals surface area contributed by atoms with Crippen LogP contribution in [-0.4, -0.2) is 98.9 Å². The number of unbranched alkanes of at least 4 members (excludes halogenated alkanes) is 31. The number of esters is 1. The topological polar surface area (TPSA) is 192 Å². The molecule has 1 aliphatic rings. The number of carbonyl (C=O) groups excluding carboxylic acids is 1. The first kappa shape index (κ1) is 57.4. The van der Waals surface area contributed by atoms with Crippen LogP contribution in [0.2, 0.25) is 0 Å².